The van der Waals surface area contributed by atoms with Crippen LogP contribution in [0.4, 0.5) is 0 Å². The highest BCUT2D eigenvalue weighted by molar-refractivity contribution is 5.16. The van der Waals surface area contributed by atoms with Crippen LogP contribution in [0.15, 0.2) is 12.4 Å². The summed E-state index contributed by atoms with van der Waals surface area (Å²) in [6.45, 7) is 4.96. The third-order valence-electron chi connectivity index (χ3n) is 3.44. The average Bonchev–Trinajstić information content (AvgIpc) is 2.73. The van der Waals surface area contributed by atoms with Crippen molar-refractivity contribution < 1.29 is 5.11 Å². The topological polar surface area (TPSA) is 41.3 Å². The molecule has 1 aromatic rings. The van der Waals surface area contributed by atoms with Crippen molar-refractivity contribution in [1.82, 2.24) is 14.7 Å². The van der Waals surface area contributed by atoms with E-state index < -0.39 is 5.60 Å². The summed E-state index contributed by atoms with van der Waals surface area (Å²) in [5.41, 5.74) is 0.326. The van der Waals surface area contributed by atoms with Crippen LogP contribution in [0.25, 0.3) is 0 Å². The number of nitrogens with zero attached hydrogens (tertiary/aromatic N) is 3. The number of aliphatic hydroxyl groups is 1. The van der Waals surface area contributed by atoms with Gasteiger partial charge in [-0.1, -0.05) is 6.92 Å². The van der Waals surface area contributed by atoms with Crippen molar-refractivity contribution in [3.05, 3.63) is 18.0 Å². The number of aromatic nitrogens is 2. The monoisotopic (exact) mass is 223 g/mol. The molecule has 0 bridgehead atoms. The van der Waals surface area contributed by atoms with E-state index in [2.05, 4.69) is 24.0 Å². The first-order chi connectivity index (χ1) is 7.64. The second-order valence-electron chi connectivity index (χ2n) is 4.83. The highest BCUT2D eigenvalue weighted by Crippen LogP contribution is 2.31. The Bertz CT molecular complexity index is 340. The Morgan fingerprint density at radius 3 is 2.75 bits per heavy atom. The molecule has 2 heterocycles. The fourth-order valence-corrected chi connectivity index (χ4v) is 2.23. The number of hydrogen-bond donors (Lipinski definition) is 1. The van der Waals surface area contributed by atoms with E-state index in [1.54, 1.807) is 0 Å². The SMILES string of the molecule is CCCn1cc(C2(O)CCN(C)CC2)cn1. The summed E-state index contributed by atoms with van der Waals surface area (Å²) in [6, 6.07) is 0. The van der Waals surface area contributed by atoms with E-state index in [1.165, 1.54) is 0 Å². The fraction of sp³-hybridized carbons (Fsp3) is 0.750. The lowest BCUT2D eigenvalue weighted by atomic mass is 9.86. The minimum Gasteiger partial charge on any atom is -0.385 e. The van der Waals surface area contributed by atoms with Crippen LogP contribution < -0.4 is 0 Å². The van der Waals surface area contributed by atoms with Crippen molar-refractivity contribution in [2.24, 2.45) is 0 Å². The molecule has 0 spiro atoms. The van der Waals surface area contributed by atoms with Gasteiger partial charge in [0.15, 0.2) is 0 Å². The Morgan fingerprint density at radius 1 is 1.44 bits per heavy atom. The standard InChI is InChI=1S/C12H21N3O/c1-3-6-15-10-11(9-13-15)12(16)4-7-14(2)8-5-12/h9-10,16H,3-8H2,1-2H3. The molecule has 1 saturated heterocycles. The maximum atomic E-state index is 10.6. The van der Waals surface area contributed by atoms with Gasteiger partial charge in [-0.2, -0.15) is 5.10 Å². The zero-order valence-electron chi connectivity index (χ0n) is 10.2. The summed E-state index contributed by atoms with van der Waals surface area (Å²) in [7, 11) is 2.10. The van der Waals surface area contributed by atoms with Crippen molar-refractivity contribution in [2.75, 3.05) is 20.1 Å². The number of piperidine rings is 1. The van der Waals surface area contributed by atoms with Crippen molar-refractivity contribution in [3.63, 3.8) is 0 Å². The molecule has 4 nitrogen and oxygen atoms in total. The molecule has 1 N–H and O–H groups in total. The van der Waals surface area contributed by atoms with Gasteiger partial charge in [-0.05, 0) is 26.3 Å². The molecule has 0 aromatic carbocycles. The van der Waals surface area contributed by atoms with Gasteiger partial charge in [0.2, 0.25) is 0 Å². The van der Waals surface area contributed by atoms with Gasteiger partial charge < -0.3 is 10.0 Å². The maximum Gasteiger partial charge on any atom is 0.0951 e. The first kappa shape index (κ1) is 11.6. The summed E-state index contributed by atoms with van der Waals surface area (Å²) in [5, 5.41) is 14.9. The van der Waals surface area contributed by atoms with Crippen LogP contribution in [0.1, 0.15) is 31.7 Å². The normalized spacial score (nSPS) is 21.2. The Morgan fingerprint density at radius 2 is 2.12 bits per heavy atom. The van der Waals surface area contributed by atoms with E-state index in [-0.39, 0.29) is 0 Å². The summed E-state index contributed by atoms with van der Waals surface area (Å²) in [6.07, 6.45) is 6.50. The van der Waals surface area contributed by atoms with Crippen LogP contribution in [-0.4, -0.2) is 39.9 Å². The first-order valence-corrected chi connectivity index (χ1v) is 6.08. The minimum absolute atomic E-state index is 0.654. The number of aryl methyl sites for hydroxylation is 1. The predicted octanol–water partition coefficient (Wildman–Crippen LogP) is 1.21. The summed E-state index contributed by atoms with van der Waals surface area (Å²) >= 11 is 0. The fourth-order valence-electron chi connectivity index (χ4n) is 2.23. The number of rotatable bonds is 3. The molecule has 90 valence electrons. The minimum atomic E-state index is -0.654. The number of hydrogen-bond acceptors (Lipinski definition) is 3. The lowest BCUT2D eigenvalue weighted by Gasteiger charge is -2.35. The van der Waals surface area contributed by atoms with Crippen LogP contribution in [0.5, 0.6) is 0 Å². The molecular weight excluding hydrogens is 202 g/mol. The summed E-state index contributed by atoms with van der Waals surface area (Å²) in [4.78, 5) is 2.25. The first-order valence-electron chi connectivity index (χ1n) is 6.08. The van der Waals surface area contributed by atoms with Crippen LogP contribution >= 0.6 is 0 Å². The zero-order chi connectivity index (χ0) is 11.6. The maximum absolute atomic E-state index is 10.6. The van der Waals surface area contributed by atoms with Gasteiger partial charge in [-0.25, -0.2) is 0 Å². The Balaban J connectivity index is 2.09. The summed E-state index contributed by atoms with van der Waals surface area (Å²) < 4.78 is 1.92. The van der Waals surface area contributed by atoms with Gasteiger partial charge in [0.25, 0.3) is 0 Å². The molecule has 1 fully saturated rings. The van der Waals surface area contributed by atoms with E-state index in [4.69, 9.17) is 0 Å². The molecule has 2 rings (SSSR count). The molecule has 1 aromatic heterocycles. The van der Waals surface area contributed by atoms with Crippen LogP contribution in [-0.2, 0) is 12.1 Å². The van der Waals surface area contributed by atoms with Gasteiger partial charge in [-0.3, -0.25) is 4.68 Å². The van der Waals surface area contributed by atoms with Gasteiger partial charge in [0.1, 0.15) is 0 Å². The van der Waals surface area contributed by atoms with E-state index in [0.717, 1.165) is 44.5 Å². The molecule has 0 unspecified atom stereocenters. The van der Waals surface area contributed by atoms with Crippen molar-refractivity contribution in [3.8, 4) is 0 Å². The Kier molecular flexibility index (Phi) is 3.30. The molecule has 16 heavy (non-hydrogen) atoms. The van der Waals surface area contributed by atoms with Crippen LogP contribution in [0.3, 0.4) is 0 Å². The molecular formula is C12H21N3O. The van der Waals surface area contributed by atoms with Crippen molar-refractivity contribution in [1.29, 1.82) is 0 Å². The smallest absolute Gasteiger partial charge is 0.0951 e. The third-order valence-corrected chi connectivity index (χ3v) is 3.44. The summed E-state index contributed by atoms with van der Waals surface area (Å²) in [5.74, 6) is 0. The molecule has 0 radical (unpaired) electrons. The highest BCUT2D eigenvalue weighted by Gasteiger charge is 2.33. The van der Waals surface area contributed by atoms with E-state index in [9.17, 15) is 5.11 Å². The molecule has 4 heteroatoms. The molecule has 0 saturated carbocycles. The molecule has 0 amide bonds. The van der Waals surface area contributed by atoms with Gasteiger partial charge in [0.05, 0.1) is 11.8 Å². The lowest BCUT2D eigenvalue weighted by molar-refractivity contribution is -0.0203. The van der Waals surface area contributed by atoms with Crippen LogP contribution in [0, 0.1) is 0 Å². The zero-order valence-corrected chi connectivity index (χ0v) is 10.2. The quantitative estimate of drug-likeness (QED) is 0.837. The third kappa shape index (κ3) is 2.28. The van der Waals surface area contributed by atoms with Crippen molar-refractivity contribution >= 4 is 0 Å². The van der Waals surface area contributed by atoms with Gasteiger partial charge >= 0.3 is 0 Å². The Hall–Kier alpha value is -0.870. The van der Waals surface area contributed by atoms with Gasteiger partial charge in [0, 0.05) is 31.4 Å². The number of likely N-dealkylation sites (tertiary alicyclic amines) is 1. The Labute approximate surface area is 96.9 Å². The van der Waals surface area contributed by atoms with E-state index in [1.807, 2.05) is 17.1 Å². The molecule has 0 atom stereocenters. The highest BCUT2D eigenvalue weighted by atomic mass is 16.3. The second kappa shape index (κ2) is 4.55. The average molecular weight is 223 g/mol. The van der Waals surface area contributed by atoms with E-state index >= 15 is 0 Å². The van der Waals surface area contributed by atoms with Crippen LogP contribution in [0.2, 0.25) is 0 Å². The van der Waals surface area contributed by atoms with Gasteiger partial charge in [-0.15, -0.1) is 0 Å². The van der Waals surface area contributed by atoms with Crippen molar-refractivity contribution in [2.45, 2.75) is 38.3 Å². The predicted molar refractivity (Wildman–Crippen MR) is 63.1 cm³/mol. The lowest BCUT2D eigenvalue weighted by Crippen LogP contribution is -2.40. The molecule has 0 aliphatic carbocycles. The van der Waals surface area contributed by atoms with E-state index in [0.29, 0.717) is 0 Å². The molecule has 1 aliphatic heterocycles. The molecule has 1 aliphatic rings. The largest absolute Gasteiger partial charge is 0.385 e. The second-order valence-corrected chi connectivity index (χ2v) is 4.83.